The van der Waals surface area contributed by atoms with E-state index in [-0.39, 0.29) is 17.4 Å². The Morgan fingerprint density at radius 2 is 1.17 bits per heavy atom. The van der Waals surface area contributed by atoms with Crippen LogP contribution in [0.15, 0.2) is 91.0 Å². The minimum atomic E-state index is -0.635. The zero-order valence-corrected chi connectivity index (χ0v) is 20.0. The molecule has 36 heavy (non-hydrogen) atoms. The molecule has 0 aliphatic rings. The van der Waals surface area contributed by atoms with E-state index in [0.717, 1.165) is 5.56 Å². The normalized spacial score (nSPS) is 10.4. The molecule has 0 unspecified atom stereocenters. The Morgan fingerprint density at radius 3 is 1.81 bits per heavy atom. The number of nitrogens with one attached hydrogen (secondary N) is 3. The van der Waals surface area contributed by atoms with Gasteiger partial charge in [-0.25, -0.2) is 5.48 Å². The Balaban J connectivity index is 1.68. The molecule has 0 bridgehead atoms. The molecule has 0 saturated heterocycles. The number of benzene rings is 4. The van der Waals surface area contributed by atoms with Crippen molar-refractivity contribution in [2.45, 2.75) is 6.92 Å². The first kappa shape index (κ1) is 24.7. The lowest BCUT2D eigenvalue weighted by Gasteiger charge is -2.13. The largest absolute Gasteiger partial charge is 0.322 e. The lowest BCUT2D eigenvalue weighted by molar-refractivity contribution is 0.0706. The van der Waals surface area contributed by atoms with Gasteiger partial charge in [-0.1, -0.05) is 41.4 Å². The zero-order chi connectivity index (χ0) is 25.7. The van der Waals surface area contributed by atoms with Crippen LogP contribution in [-0.2, 0) is 0 Å². The fraction of sp³-hybridized carbons (Fsp3) is 0.0357. The van der Waals surface area contributed by atoms with Crippen molar-refractivity contribution in [2.75, 3.05) is 10.6 Å². The van der Waals surface area contributed by atoms with Crippen LogP contribution in [0.4, 0.5) is 11.4 Å². The van der Waals surface area contributed by atoms with E-state index >= 15 is 0 Å². The van der Waals surface area contributed by atoms with Crippen molar-refractivity contribution in [1.29, 1.82) is 0 Å². The SMILES string of the molecule is Cc1ccc(C(=O)Nc2cc(C(=O)Nc3ccc(Cl)cc3)cc(-c3ccc(C(=O)NO)cc3)c2)cc1. The minimum Gasteiger partial charge on any atom is -0.322 e. The van der Waals surface area contributed by atoms with E-state index in [2.05, 4.69) is 10.6 Å². The topological polar surface area (TPSA) is 108 Å². The summed E-state index contributed by atoms with van der Waals surface area (Å²) in [5, 5.41) is 15.1. The summed E-state index contributed by atoms with van der Waals surface area (Å²) in [6.45, 7) is 1.94. The van der Waals surface area contributed by atoms with E-state index in [1.165, 1.54) is 0 Å². The second-order valence-corrected chi connectivity index (χ2v) is 8.53. The highest BCUT2D eigenvalue weighted by Crippen LogP contribution is 2.27. The van der Waals surface area contributed by atoms with Crippen LogP contribution in [0.25, 0.3) is 11.1 Å². The van der Waals surface area contributed by atoms with Crippen molar-refractivity contribution in [3.63, 3.8) is 0 Å². The smallest absolute Gasteiger partial charge is 0.274 e. The first-order chi connectivity index (χ1) is 17.3. The number of halogens is 1. The van der Waals surface area contributed by atoms with E-state index in [9.17, 15) is 14.4 Å². The van der Waals surface area contributed by atoms with E-state index in [1.54, 1.807) is 84.3 Å². The third kappa shape index (κ3) is 5.96. The predicted octanol–water partition coefficient (Wildman–Crippen LogP) is 5.94. The predicted molar refractivity (Wildman–Crippen MR) is 140 cm³/mol. The quantitative estimate of drug-likeness (QED) is 0.194. The van der Waals surface area contributed by atoms with Gasteiger partial charge < -0.3 is 10.6 Å². The molecule has 3 amide bonds. The molecule has 0 atom stereocenters. The van der Waals surface area contributed by atoms with Crippen LogP contribution in [0.1, 0.15) is 36.6 Å². The van der Waals surface area contributed by atoms with Crippen LogP contribution in [-0.4, -0.2) is 22.9 Å². The Hall–Kier alpha value is -4.46. The highest BCUT2D eigenvalue weighted by atomic mass is 35.5. The molecule has 8 heteroatoms. The molecule has 0 heterocycles. The van der Waals surface area contributed by atoms with Crippen LogP contribution < -0.4 is 16.1 Å². The molecule has 0 radical (unpaired) electrons. The number of anilines is 2. The number of rotatable bonds is 6. The number of carbonyl (C=O) groups excluding carboxylic acids is 3. The van der Waals surface area contributed by atoms with Gasteiger partial charge in [0.25, 0.3) is 17.7 Å². The second kappa shape index (κ2) is 10.9. The molecule has 0 spiro atoms. The molecule has 4 aromatic carbocycles. The maximum atomic E-state index is 13.1. The Morgan fingerprint density at radius 1 is 0.611 bits per heavy atom. The van der Waals surface area contributed by atoms with Gasteiger partial charge in [-0.05, 0) is 84.8 Å². The molecule has 180 valence electrons. The summed E-state index contributed by atoms with van der Waals surface area (Å²) in [5.74, 6) is -1.32. The first-order valence-corrected chi connectivity index (χ1v) is 11.3. The van der Waals surface area contributed by atoms with Gasteiger partial charge in [-0.2, -0.15) is 0 Å². The van der Waals surface area contributed by atoms with Crippen LogP contribution in [0.5, 0.6) is 0 Å². The van der Waals surface area contributed by atoms with Gasteiger partial charge in [-0.15, -0.1) is 0 Å². The zero-order valence-electron chi connectivity index (χ0n) is 19.2. The van der Waals surface area contributed by atoms with Gasteiger partial charge in [-0.3, -0.25) is 19.6 Å². The van der Waals surface area contributed by atoms with Gasteiger partial charge in [0.2, 0.25) is 0 Å². The van der Waals surface area contributed by atoms with Gasteiger partial charge in [0, 0.05) is 33.1 Å². The molecular weight excluding hydrogens is 478 g/mol. The van der Waals surface area contributed by atoms with Gasteiger partial charge in [0.1, 0.15) is 0 Å². The van der Waals surface area contributed by atoms with Crippen molar-refractivity contribution in [3.05, 3.63) is 118 Å². The van der Waals surface area contributed by atoms with Crippen molar-refractivity contribution >= 4 is 40.7 Å². The highest BCUT2D eigenvalue weighted by molar-refractivity contribution is 6.30. The van der Waals surface area contributed by atoms with Crippen LogP contribution in [0.3, 0.4) is 0 Å². The number of hydroxylamine groups is 1. The van der Waals surface area contributed by atoms with Gasteiger partial charge in [0.05, 0.1) is 0 Å². The van der Waals surface area contributed by atoms with E-state index in [4.69, 9.17) is 16.8 Å². The van der Waals surface area contributed by atoms with Crippen molar-refractivity contribution in [2.24, 2.45) is 0 Å². The summed E-state index contributed by atoms with van der Waals surface area (Å²) in [4.78, 5) is 37.6. The molecule has 0 saturated carbocycles. The molecule has 0 aliphatic heterocycles. The van der Waals surface area contributed by atoms with Crippen molar-refractivity contribution < 1.29 is 19.6 Å². The summed E-state index contributed by atoms with van der Waals surface area (Å²) < 4.78 is 0. The average molecular weight is 500 g/mol. The van der Waals surface area contributed by atoms with Crippen molar-refractivity contribution in [3.8, 4) is 11.1 Å². The Labute approximate surface area is 212 Å². The number of hydrogen-bond donors (Lipinski definition) is 4. The minimum absolute atomic E-state index is 0.269. The monoisotopic (exact) mass is 499 g/mol. The van der Waals surface area contributed by atoms with E-state index in [0.29, 0.717) is 38.7 Å². The first-order valence-electron chi connectivity index (χ1n) is 11.0. The summed E-state index contributed by atoms with van der Waals surface area (Å²) in [7, 11) is 0. The molecule has 4 rings (SSSR count). The third-order valence-corrected chi connectivity index (χ3v) is 5.70. The summed E-state index contributed by atoms with van der Waals surface area (Å²) >= 11 is 5.93. The lowest BCUT2D eigenvalue weighted by Crippen LogP contribution is -2.18. The summed E-state index contributed by atoms with van der Waals surface area (Å²) in [6.07, 6.45) is 0. The molecule has 7 nitrogen and oxygen atoms in total. The third-order valence-electron chi connectivity index (χ3n) is 5.45. The van der Waals surface area contributed by atoms with Crippen LogP contribution >= 0.6 is 11.6 Å². The Kier molecular flexibility index (Phi) is 7.44. The molecule has 0 aromatic heterocycles. The van der Waals surface area contributed by atoms with Crippen LogP contribution in [0, 0.1) is 6.92 Å². The molecule has 0 aliphatic carbocycles. The molecule has 4 N–H and O–H groups in total. The average Bonchev–Trinajstić information content (AvgIpc) is 2.89. The number of amides is 3. The van der Waals surface area contributed by atoms with Gasteiger partial charge in [0.15, 0.2) is 0 Å². The second-order valence-electron chi connectivity index (χ2n) is 8.10. The lowest BCUT2D eigenvalue weighted by atomic mass is 10.00. The standard InChI is InChI=1S/C28H22ClN3O4/c1-17-2-4-19(5-3-17)26(33)31-25-15-21(18-6-8-20(9-7-18)28(35)32-36)14-22(16-25)27(34)30-24-12-10-23(29)11-13-24/h2-16,36H,1H3,(H,30,34)(H,31,33)(H,32,35). The molecule has 4 aromatic rings. The van der Waals surface area contributed by atoms with Crippen LogP contribution in [0.2, 0.25) is 5.02 Å². The van der Waals surface area contributed by atoms with E-state index in [1.807, 2.05) is 19.1 Å². The summed E-state index contributed by atoms with van der Waals surface area (Å²) in [6, 6.07) is 25.4. The van der Waals surface area contributed by atoms with Crippen molar-refractivity contribution in [1.82, 2.24) is 5.48 Å². The van der Waals surface area contributed by atoms with Gasteiger partial charge >= 0.3 is 0 Å². The Bertz CT molecular complexity index is 1420. The highest BCUT2D eigenvalue weighted by Gasteiger charge is 2.14. The number of carbonyl (C=O) groups is 3. The number of aryl methyl sites for hydroxylation is 1. The number of hydrogen-bond acceptors (Lipinski definition) is 4. The fourth-order valence-electron chi connectivity index (χ4n) is 3.52. The fourth-order valence-corrected chi connectivity index (χ4v) is 3.65. The van der Waals surface area contributed by atoms with E-state index < -0.39 is 5.91 Å². The maximum Gasteiger partial charge on any atom is 0.274 e. The molecule has 0 fully saturated rings. The maximum absolute atomic E-state index is 13.1. The summed E-state index contributed by atoms with van der Waals surface area (Å²) in [5.41, 5.74) is 6.05. The molecular formula is C28H22ClN3O4.